The quantitative estimate of drug-likeness (QED) is 0.0283. The molecule has 0 bridgehead atoms. The highest BCUT2D eigenvalue weighted by Gasteiger charge is 2.49. The minimum Gasteiger partial charge on any atom is -0.445 e. The third kappa shape index (κ3) is 22.5. The summed E-state index contributed by atoms with van der Waals surface area (Å²) in [5, 5.41) is 0. The van der Waals surface area contributed by atoms with Crippen molar-refractivity contribution in [1.82, 2.24) is 0 Å². The van der Waals surface area contributed by atoms with E-state index < -0.39 is 35.9 Å². The van der Waals surface area contributed by atoms with E-state index in [9.17, 15) is 14.4 Å². The molecule has 0 aromatic rings. The molecule has 8 nitrogen and oxygen atoms in total. The summed E-state index contributed by atoms with van der Waals surface area (Å²) in [5.41, 5.74) is 0. The van der Waals surface area contributed by atoms with E-state index in [0.29, 0.717) is 12.8 Å². The van der Waals surface area contributed by atoms with E-state index in [0.717, 1.165) is 64.2 Å². The van der Waals surface area contributed by atoms with Gasteiger partial charge in [-0.05, 0) is 78.1 Å². The number of unbranched alkanes of at least 4 members (excludes halogenated alkanes) is 22. The van der Waals surface area contributed by atoms with Crippen LogP contribution >= 0.6 is 0 Å². The van der Waals surface area contributed by atoms with Gasteiger partial charge in [0, 0.05) is 12.8 Å². The van der Waals surface area contributed by atoms with Crippen LogP contribution in [-0.4, -0.2) is 42.5 Å². The molecule has 0 saturated carbocycles. The summed E-state index contributed by atoms with van der Waals surface area (Å²) in [7, 11) is 0. The smallest absolute Gasteiger partial charge is 0.378 e. The van der Waals surface area contributed by atoms with Crippen LogP contribution in [0.25, 0.3) is 0 Å². The van der Waals surface area contributed by atoms with Crippen molar-refractivity contribution in [2.75, 3.05) is 6.61 Å². The molecule has 1 saturated heterocycles. The van der Waals surface area contributed by atoms with Crippen LogP contribution < -0.4 is 0 Å². The Balaban J connectivity index is 1.69. The van der Waals surface area contributed by atoms with E-state index in [1.54, 1.807) is 13.8 Å². The Morgan fingerprint density at radius 2 is 1.00 bits per heavy atom. The Morgan fingerprint density at radius 1 is 0.604 bits per heavy atom. The summed E-state index contributed by atoms with van der Waals surface area (Å²) in [6.07, 6.45) is 38.2. The standard InChI is InChI=1S/C45H76O8/c1-5-7-9-11-13-15-17-19-21-23-25-27-29-31-33-35-39(46)50-42-41(38-37-49-45(3,4)53-38)52-44(48)43(42)51-40(47)36-34-32-30-28-26-24-22-20-18-16-14-12-10-8-6-2/h19-22,38,41H,5-18,23-37H2,1-4H3. The number of hydrogen-bond donors (Lipinski definition) is 0. The number of allylic oxidation sites excluding steroid dienone is 4. The highest BCUT2D eigenvalue weighted by atomic mass is 16.8. The largest absolute Gasteiger partial charge is 0.445 e. The van der Waals surface area contributed by atoms with Crippen molar-refractivity contribution >= 4 is 17.9 Å². The molecule has 0 amide bonds. The summed E-state index contributed by atoms with van der Waals surface area (Å²) in [6, 6.07) is 0. The summed E-state index contributed by atoms with van der Waals surface area (Å²) in [5.74, 6) is -3.16. The van der Waals surface area contributed by atoms with Gasteiger partial charge >= 0.3 is 17.9 Å². The van der Waals surface area contributed by atoms with Crippen LogP contribution in [-0.2, 0) is 38.1 Å². The molecule has 2 heterocycles. The Labute approximate surface area is 323 Å². The molecular formula is C45H76O8. The predicted octanol–water partition coefficient (Wildman–Crippen LogP) is 12.4. The van der Waals surface area contributed by atoms with Crippen LogP contribution in [0.5, 0.6) is 0 Å². The van der Waals surface area contributed by atoms with Gasteiger partial charge in [0.1, 0.15) is 6.10 Å². The van der Waals surface area contributed by atoms with Gasteiger partial charge in [0.05, 0.1) is 6.61 Å². The minimum atomic E-state index is -1.02. The number of esters is 3. The summed E-state index contributed by atoms with van der Waals surface area (Å²) in [6.45, 7) is 8.18. The topological polar surface area (TPSA) is 97.4 Å². The molecule has 0 spiro atoms. The van der Waals surface area contributed by atoms with Crippen molar-refractivity contribution in [2.24, 2.45) is 0 Å². The van der Waals surface area contributed by atoms with Crippen molar-refractivity contribution < 1.29 is 38.1 Å². The average Bonchev–Trinajstić information content (AvgIpc) is 3.65. The van der Waals surface area contributed by atoms with Gasteiger partial charge in [-0.25, -0.2) is 4.79 Å². The van der Waals surface area contributed by atoms with Crippen molar-refractivity contribution in [2.45, 2.75) is 225 Å². The first-order valence-electron chi connectivity index (χ1n) is 21.8. The third-order valence-corrected chi connectivity index (χ3v) is 9.99. The molecule has 2 atom stereocenters. The highest BCUT2D eigenvalue weighted by molar-refractivity contribution is 5.93. The molecule has 2 unspecified atom stereocenters. The summed E-state index contributed by atoms with van der Waals surface area (Å²) >= 11 is 0. The molecule has 0 aromatic carbocycles. The summed E-state index contributed by atoms with van der Waals surface area (Å²) < 4.78 is 28.4. The maximum atomic E-state index is 12.9. The number of cyclic esters (lactones) is 1. The van der Waals surface area contributed by atoms with E-state index >= 15 is 0 Å². The molecule has 0 aromatic heterocycles. The van der Waals surface area contributed by atoms with E-state index in [2.05, 4.69) is 38.2 Å². The maximum Gasteiger partial charge on any atom is 0.378 e. The molecule has 53 heavy (non-hydrogen) atoms. The molecule has 2 rings (SSSR count). The lowest BCUT2D eigenvalue weighted by Crippen LogP contribution is -2.34. The Morgan fingerprint density at radius 3 is 1.42 bits per heavy atom. The van der Waals surface area contributed by atoms with Crippen LogP contribution in [0.3, 0.4) is 0 Å². The van der Waals surface area contributed by atoms with Gasteiger partial charge in [0.25, 0.3) is 5.76 Å². The van der Waals surface area contributed by atoms with Gasteiger partial charge in [-0.3, -0.25) is 9.59 Å². The molecular weight excluding hydrogens is 668 g/mol. The van der Waals surface area contributed by atoms with Gasteiger partial charge in [-0.2, -0.15) is 0 Å². The molecule has 2 aliphatic heterocycles. The van der Waals surface area contributed by atoms with Crippen molar-refractivity contribution in [3.05, 3.63) is 35.8 Å². The zero-order chi connectivity index (χ0) is 38.4. The van der Waals surface area contributed by atoms with Crippen molar-refractivity contribution in [1.29, 1.82) is 0 Å². The van der Waals surface area contributed by atoms with Crippen LogP contribution in [0.15, 0.2) is 35.8 Å². The molecule has 0 aliphatic carbocycles. The third-order valence-electron chi connectivity index (χ3n) is 9.99. The lowest BCUT2D eigenvalue weighted by Gasteiger charge is -2.21. The van der Waals surface area contributed by atoms with Crippen LogP contribution in [0.4, 0.5) is 0 Å². The number of hydrogen-bond acceptors (Lipinski definition) is 8. The van der Waals surface area contributed by atoms with Gasteiger partial charge in [0.2, 0.25) is 5.76 Å². The van der Waals surface area contributed by atoms with Crippen molar-refractivity contribution in [3.8, 4) is 0 Å². The molecule has 1 fully saturated rings. The van der Waals surface area contributed by atoms with Gasteiger partial charge < -0.3 is 23.7 Å². The second-order valence-electron chi connectivity index (χ2n) is 15.5. The lowest BCUT2D eigenvalue weighted by atomic mass is 10.1. The second-order valence-corrected chi connectivity index (χ2v) is 15.5. The molecule has 2 aliphatic rings. The van der Waals surface area contributed by atoms with Crippen LogP contribution in [0.2, 0.25) is 0 Å². The Hall–Kier alpha value is -2.45. The van der Waals surface area contributed by atoms with E-state index in [-0.39, 0.29) is 31.0 Å². The first kappa shape index (κ1) is 46.7. The first-order valence-corrected chi connectivity index (χ1v) is 21.8. The van der Waals surface area contributed by atoms with Crippen LogP contribution in [0.1, 0.15) is 207 Å². The zero-order valence-corrected chi connectivity index (χ0v) is 34.2. The molecule has 0 radical (unpaired) electrons. The fourth-order valence-corrected chi connectivity index (χ4v) is 6.78. The number of carbonyl (C=O) groups excluding carboxylic acids is 3. The fourth-order valence-electron chi connectivity index (χ4n) is 6.78. The monoisotopic (exact) mass is 745 g/mol. The van der Waals surface area contributed by atoms with Gasteiger partial charge in [-0.15, -0.1) is 0 Å². The minimum absolute atomic E-state index is 0.0862. The van der Waals surface area contributed by atoms with Gasteiger partial charge in [-0.1, -0.05) is 141 Å². The highest BCUT2D eigenvalue weighted by Crippen LogP contribution is 2.35. The Kier molecular flexibility index (Phi) is 26.3. The molecule has 0 N–H and O–H groups in total. The average molecular weight is 745 g/mol. The number of rotatable bonds is 33. The van der Waals surface area contributed by atoms with E-state index in [4.69, 9.17) is 23.7 Å². The lowest BCUT2D eigenvalue weighted by molar-refractivity contribution is -0.165. The fraction of sp³-hybridized carbons (Fsp3) is 0.800. The van der Waals surface area contributed by atoms with Crippen molar-refractivity contribution in [3.63, 3.8) is 0 Å². The Bertz CT molecular complexity index is 1090. The van der Waals surface area contributed by atoms with E-state index in [1.165, 1.54) is 89.9 Å². The maximum absolute atomic E-state index is 12.9. The SMILES string of the molecule is CCCCCCCCC=CCCCCCCCC(=O)OC1=C(OC(=O)CCCCCCCC=CCCCCCCCC)C(C2COC(C)(C)O2)OC1=O. The van der Waals surface area contributed by atoms with Gasteiger partial charge in [0.15, 0.2) is 11.9 Å². The number of ether oxygens (including phenoxy) is 5. The number of carbonyl (C=O) groups is 3. The first-order chi connectivity index (χ1) is 25.8. The molecule has 304 valence electrons. The predicted molar refractivity (Wildman–Crippen MR) is 213 cm³/mol. The second kappa shape index (κ2) is 29.9. The molecule has 8 heteroatoms. The zero-order valence-electron chi connectivity index (χ0n) is 34.2. The van der Waals surface area contributed by atoms with E-state index in [1.807, 2.05) is 0 Å². The summed E-state index contributed by atoms with van der Waals surface area (Å²) in [4.78, 5) is 38.6. The van der Waals surface area contributed by atoms with Crippen LogP contribution in [0, 0.1) is 0 Å². The normalized spacial score (nSPS) is 18.5.